The first kappa shape index (κ1) is 36.9. The molecule has 12 rings (SSSR count). The predicted molar refractivity (Wildman–Crippen MR) is 265 cm³/mol. The number of anilines is 3. The monoisotopic (exact) mass is 805 g/mol. The van der Waals surface area contributed by atoms with Crippen molar-refractivity contribution in [3.8, 4) is 55.6 Å². The topological polar surface area (TPSA) is 16.4 Å². The molecule has 1 aliphatic carbocycles. The number of fused-ring (bicyclic) bond motifs is 7. The van der Waals surface area contributed by atoms with Gasteiger partial charge in [0.05, 0.1) is 11.1 Å². The average Bonchev–Trinajstić information content (AvgIpc) is 3.83. The molecular weight excluding hydrogens is 763 g/mol. The van der Waals surface area contributed by atoms with Crippen molar-refractivity contribution in [2.75, 3.05) is 4.90 Å². The third-order valence-electron chi connectivity index (χ3n) is 13.3. The van der Waals surface area contributed by atoms with Gasteiger partial charge >= 0.3 is 0 Å². The van der Waals surface area contributed by atoms with Crippen LogP contribution in [0.1, 0.15) is 25.0 Å². The minimum absolute atomic E-state index is 0.0522. The second-order valence-corrected chi connectivity index (χ2v) is 17.3. The second-order valence-electron chi connectivity index (χ2n) is 17.3. The minimum Gasteiger partial charge on any atom is -0.455 e. The third-order valence-corrected chi connectivity index (χ3v) is 13.3. The van der Waals surface area contributed by atoms with Gasteiger partial charge < -0.3 is 9.32 Å². The van der Waals surface area contributed by atoms with E-state index in [9.17, 15) is 0 Å². The summed E-state index contributed by atoms with van der Waals surface area (Å²) in [5, 5.41) is 4.51. The van der Waals surface area contributed by atoms with Crippen LogP contribution >= 0.6 is 0 Å². The smallest absolute Gasteiger partial charge is 0.143 e. The molecule has 2 heteroatoms. The summed E-state index contributed by atoms with van der Waals surface area (Å²) in [4.78, 5) is 2.38. The highest BCUT2D eigenvalue weighted by Crippen LogP contribution is 2.50. The van der Waals surface area contributed by atoms with Gasteiger partial charge in [-0.2, -0.15) is 0 Å². The zero-order valence-corrected chi connectivity index (χ0v) is 35.2. The lowest BCUT2D eigenvalue weighted by atomic mass is 9.81. The zero-order chi connectivity index (χ0) is 42.1. The maximum Gasteiger partial charge on any atom is 0.143 e. The molecule has 1 heterocycles. The molecule has 1 aliphatic rings. The van der Waals surface area contributed by atoms with E-state index in [1.165, 1.54) is 66.4 Å². The van der Waals surface area contributed by atoms with Crippen LogP contribution in [0.15, 0.2) is 229 Å². The predicted octanol–water partition coefficient (Wildman–Crippen LogP) is 17.2. The summed E-state index contributed by atoms with van der Waals surface area (Å²) < 4.78 is 7.05. The molecule has 0 bridgehead atoms. The Labute approximate surface area is 368 Å². The van der Waals surface area contributed by atoms with E-state index in [1.54, 1.807) is 0 Å². The normalized spacial score (nSPS) is 12.7. The van der Waals surface area contributed by atoms with Gasteiger partial charge in [-0.3, -0.25) is 0 Å². The fourth-order valence-electron chi connectivity index (χ4n) is 10.1. The van der Waals surface area contributed by atoms with Crippen LogP contribution in [-0.2, 0) is 5.41 Å². The average molecular weight is 806 g/mol. The van der Waals surface area contributed by atoms with E-state index in [0.717, 1.165) is 50.1 Å². The largest absolute Gasteiger partial charge is 0.455 e. The van der Waals surface area contributed by atoms with E-state index >= 15 is 0 Å². The van der Waals surface area contributed by atoms with Gasteiger partial charge in [-0.15, -0.1) is 0 Å². The Morgan fingerprint density at radius 1 is 0.381 bits per heavy atom. The Balaban J connectivity index is 1.00. The summed E-state index contributed by atoms with van der Waals surface area (Å²) in [6.45, 7) is 4.69. The number of furan rings is 1. The molecule has 0 N–H and O–H groups in total. The highest BCUT2D eigenvalue weighted by Gasteiger charge is 2.35. The van der Waals surface area contributed by atoms with Crippen molar-refractivity contribution < 1.29 is 4.42 Å². The summed E-state index contributed by atoms with van der Waals surface area (Å²) in [5.74, 6) is 0. The Morgan fingerprint density at radius 2 is 0.905 bits per heavy atom. The van der Waals surface area contributed by atoms with E-state index in [2.05, 4.69) is 243 Å². The van der Waals surface area contributed by atoms with E-state index < -0.39 is 0 Å². The number of rotatable bonds is 7. The molecule has 0 aliphatic heterocycles. The third kappa shape index (κ3) is 6.09. The van der Waals surface area contributed by atoms with Crippen LogP contribution in [-0.4, -0.2) is 0 Å². The zero-order valence-electron chi connectivity index (χ0n) is 35.2. The van der Waals surface area contributed by atoms with Crippen molar-refractivity contribution >= 4 is 49.8 Å². The highest BCUT2D eigenvalue weighted by molar-refractivity contribution is 6.22. The standard InChI is InChI=1S/C61H43NO/c1-61(2)54-21-12-11-20-51(54)52-37-32-46(39-55(52)61)44-24-26-45(27-25-44)58-50-19-10-9-18-47(50)38-53-59-56(22-13-23-57(59)63-60(53)58)62(48-33-28-42(29-34-48)40-14-5-3-6-15-40)49-35-30-43(31-36-49)41-16-7-4-8-17-41/h3-39H,1-2H3. The van der Waals surface area contributed by atoms with Gasteiger partial charge in [0.15, 0.2) is 0 Å². The Morgan fingerprint density at radius 3 is 1.59 bits per heavy atom. The lowest BCUT2D eigenvalue weighted by molar-refractivity contribution is 0.660. The molecule has 0 fully saturated rings. The fourth-order valence-corrected chi connectivity index (χ4v) is 10.1. The molecule has 0 unspecified atom stereocenters. The van der Waals surface area contributed by atoms with Gasteiger partial charge in [-0.25, -0.2) is 0 Å². The van der Waals surface area contributed by atoms with E-state index in [0.29, 0.717) is 0 Å². The quantitative estimate of drug-likeness (QED) is 0.160. The first-order valence-corrected chi connectivity index (χ1v) is 21.8. The van der Waals surface area contributed by atoms with Gasteiger partial charge in [0, 0.05) is 27.7 Å². The van der Waals surface area contributed by atoms with Gasteiger partial charge in [0.1, 0.15) is 11.2 Å². The molecule has 298 valence electrons. The van der Waals surface area contributed by atoms with Gasteiger partial charge in [0.2, 0.25) is 0 Å². The molecule has 0 saturated heterocycles. The Bertz CT molecular complexity index is 3410. The summed E-state index contributed by atoms with van der Waals surface area (Å²) in [7, 11) is 0. The van der Waals surface area contributed by atoms with Crippen LogP contribution in [0.3, 0.4) is 0 Å². The first-order chi connectivity index (χ1) is 31.0. The van der Waals surface area contributed by atoms with Crippen LogP contribution in [0.5, 0.6) is 0 Å². The summed E-state index contributed by atoms with van der Waals surface area (Å²) in [6.07, 6.45) is 0. The van der Waals surface area contributed by atoms with Crippen molar-refractivity contribution in [1.29, 1.82) is 0 Å². The van der Waals surface area contributed by atoms with Crippen molar-refractivity contribution in [3.63, 3.8) is 0 Å². The van der Waals surface area contributed by atoms with Crippen molar-refractivity contribution in [1.82, 2.24) is 0 Å². The van der Waals surface area contributed by atoms with Crippen LogP contribution in [0.25, 0.3) is 88.3 Å². The first-order valence-electron chi connectivity index (χ1n) is 21.8. The summed E-state index contributed by atoms with van der Waals surface area (Å²) in [6, 6.07) is 81.4. The van der Waals surface area contributed by atoms with E-state index in [4.69, 9.17) is 4.42 Å². The van der Waals surface area contributed by atoms with Gasteiger partial charge in [0.25, 0.3) is 0 Å². The molecule has 0 atom stereocenters. The summed E-state index contributed by atoms with van der Waals surface area (Å²) in [5.41, 5.74) is 19.7. The van der Waals surface area contributed by atoms with Crippen LogP contribution in [0.4, 0.5) is 17.1 Å². The minimum atomic E-state index is -0.0522. The second kappa shape index (κ2) is 14.6. The van der Waals surface area contributed by atoms with Crippen molar-refractivity contribution in [2.24, 2.45) is 0 Å². The van der Waals surface area contributed by atoms with Crippen molar-refractivity contribution in [2.45, 2.75) is 19.3 Å². The fraction of sp³-hybridized carbons (Fsp3) is 0.0492. The SMILES string of the molecule is CC1(C)c2ccccc2-c2ccc(-c3ccc(-c4c5ccccc5cc5c4oc4cccc(N(c6ccc(-c7ccccc7)cc6)c6ccc(-c7ccccc7)cc6)c45)cc3)cc21. The number of hydrogen-bond donors (Lipinski definition) is 0. The molecule has 1 aromatic heterocycles. The lowest BCUT2D eigenvalue weighted by Crippen LogP contribution is -2.14. The van der Waals surface area contributed by atoms with E-state index in [1.807, 2.05) is 0 Å². The molecule has 0 radical (unpaired) electrons. The molecule has 63 heavy (non-hydrogen) atoms. The summed E-state index contributed by atoms with van der Waals surface area (Å²) >= 11 is 0. The van der Waals surface area contributed by atoms with Crippen molar-refractivity contribution in [3.05, 3.63) is 236 Å². The highest BCUT2D eigenvalue weighted by atomic mass is 16.3. The Kier molecular flexibility index (Phi) is 8.55. The molecule has 0 saturated carbocycles. The maximum absolute atomic E-state index is 7.05. The van der Waals surface area contributed by atoms with Crippen LogP contribution in [0, 0.1) is 0 Å². The maximum atomic E-state index is 7.05. The molecule has 2 nitrogen and oxygen atoms in total. The molecule has 0 spiro atoms. The molecular formula is C61H43NO. The molecule has 11 aromatic rings. The van der Waals surface area contributed by atoms with Crippen LogP contribution < -0.4 is 4.90 Å². The Hall–Kier alpha value is -7.94. The lowest BCUT2D eigenvalue weighted by Gasteiger charge is -2.26. The molecule has 10 aromatic carbocycles. The van der Waals surface area contributed by atoms with Gasteiger partial charge in [-0.05, 0) is 121 Å². The van der Waals surface area contributed by atoms with E-state index in [-0.39, 0.29) is 5.41 Å². The number of nitrogens with zero attached hydrogens (tertiary/aromatic N) is 1. The number of hydrogen-bond acceptors (Lipinski definition) is 2. The van der Waals surface area contributed by atoms with Crippen LogP contribution in [0.2, 0.25) is 0 Å². The van der Waals surface area contributed by atoms with Gasteiger partial charge in [-0.1, -0.05) is 190 Å². The number of benzene rings is 10. The molecule has 0 amide bonds.